The highest BCUT2D eigenvalue weighted by Crippen LogP contribution is 2.27. The van der Waals surface area contributed by atoms with Crippen LogP contribution in [0, 0.1) is 10.1 Å². The summed E-state index contributed by atoms with van der Waals surface area (Å²) in [5.74, 6) is 0. The molecule has 0 spiro atoms. The second kappa shape index (κ2) is 5.51. The number of nitrogens with two attached hydrogens (primary N) is 1. The zero-order chi connectivity index (χ0) is 13.8. The maximum absolute atomic E-state index is 10.8. The summed E-state index contributed by atoms with van der Waals surface area (Å²) in [6.07, 6.45) is 3.87. The summed E-state index contributed by atoms with van der Waals surface area (Å²) in [7, 11) is 0. The molecule has 1 aromatic carbocycles. The first-order valence-corrected chi connectivity index (χ1v) is 6.19. The molecule has 6 nitrogen and oxygen atoms in total. The highest BCUT2D eigenvalue weighted by atomic mass is 16.6. The molecule has 0 unspecified atom stereocenters. The van der Waals surface area contributed by atoms with E-state index >= 15 is 0 Å². The highest BCUT2D eigenvalue weighted by molar-refractivity contribution is 5.73. The van der Waals surface area contributed by atoms with Gasteiger partial charge < -0.3 is 5.73 Å². The van der Waals surface area contributed by atoms with E-state index in [1.54, 1.807) is 23.0 Å². The number of nitro groups is 1. The second-order valence-corrected chi connectivity index (χ2v) is 4.36. The molecule has 100 valence electrons. The van der Waals surface area contributed by atoms with Gasteiger partial charge >= 0.3 is 0 Å². The number of non-ortho nitro benzene ring substituents is 1. The minimum atomic E-state index is -0.423. The topological polar surface area (TPSA) is 87.0 Å². The third kappa shape index (κ3) is 2.90. The predicted octanol–water partition coefficient (Wildman–Crippen LogP) is 2.84. The van der Waals surface area contributed by atoms with Crippen LogP contribution in [0.1, 0.15) is 19.8 Å². The molecular weight excluding hydrogens is 244 g/mol. The van der Waals surface area contributed by atoms with Gasteiger partial charge in [-0.15, -0.1) is 0 Å². The number of anilines is 1. The van der Waals surface area contributed by atoms with Crippen molar-refractivity contribution in [2.75, 3.05) is 5.73 Å². The molecule has 0 aliphatic rings. The molecule has 0 amide bonds. The van der Waals surface area contributed by atoms with E-state index in [4.69, 9.17) is 5.73 Å². The van der Waals surface area contributed by atoms with Gasteiger partial charge in [0.15, 0.2) is 0 Å². The van der Waals surface area contributed by atoms with Gasteiger partial charge in [-0.1, -0.05) is 25.5 Å². The quantitative estimate of drug-likeness (QED) is 0.661. The molecule has 0 radical (unpaired) electrons. The predicted molar refractivity (Wildman–Crippen MR) is 73.6 cm³/mol. The molecule has 0 atom stereocenters. The van der Waals surface area contributed by atoms with E-state index in [9.17, 15) is 10.1 Å². The summed E-state index contributed by atoms with van der Waals surface area (Å²) in [6, 6.07) is 6.35. The monoisotopic (exact) mass is 260 g/mol. The van der Waals surface area contributed by atoms with Crippen LogP contribution in [0.25, 0.3) is 11.3 Å². The van der Waals surface area contributed by atoms with E-state index in [0.717, 1.165) is 19.4 Å². The maximum atomic E-state index is 10.8. The molecule has 2 rings (SSSR count). The number of aryl methyl sites for hydroxylation is 1. The lowest BCUT2D eigenvalue weighted by Crippen LogP contribution is -1.98. The van der Waals surface area contributed by atoms with E-state index in [1.165, 1.54) is 12.1 Å². The van der Waals surface area contributed by atoms with Crippen LogP contribution in [0.3, 0.4) is 0 Å². The Morgan fingerprint density at radius 2 is 2.26 bits per heavy atom. The Hall–Kier alpha value is -2.37. The number of unbranched alkanes of at least 4 members (excludes halogenated alkanes) is 1. The molecule has 2 aromatic rings. The third-order valence-corrected chi connectivity index (χ3v) is 2.86. The summed E-state index contributed by atoms with van der Waals surface area (Å²) < 4.78 is 1.78. The Labute approximate surface area is 111 Å². The lowest BCUT2D eigenvalue weighted by molar-refractivity contribution is -0.384. The van der Waals surface area contributed by atoms with E-state index in [1.807, 2.05) is 0 Å². The molecule has 0 aliphatic heterocycles. The van der Waals surface area contributed by atoms with Crippen molar-refractivity contribution in [1.29, 1.82) is 0 Å². The van der Waals surface area contributed by atoms with Crippen LogP contribution in [-0.4, -0.2) is 14.7 Å². The molecule has 1 aromatic heterocycles. The van der Waals surface area contributed by atoms with Gasteiger partial charge in [-0.2, -0.15) is 5.10 Å². The van der Waals surface area contributed by atoms with E-state index in [2.05, 4.69) is 12.0 Å². The molecule has 0 saturated heterocycles. The molecule has 6 heteroatoms. The zero-order valence-corrected chi connectivity index (χ0v) is 10.7. The Morgan fingerprint density at radius 3 is 2.95 bits per heavy atom. The van der Waals surface area contributed by atoms with Crippen molar-refractivity contribution in [3.63, 3.8) is 0 Å². The number of aromatic nitrogens is 2. The lowest BCUT2D eigenvalue weighted by atomic mass is 10.1. The van der Waals surface area contributed by atoms with Crippen LogP contribution >= 0.6 is 0 Å². The second-order valence-electron chi connectivity index (χ2n) is 4.36. The van der Waals surface area contributed by atoms with E-state index in [0.29, 0.717) is 16.9 Å². The Kier molecular flexibility index (Phi) is 3.79. The largest absolute Gasteiger partial charge is 0.396 e. The average Bonchev–Trinajstić information content (AvgIpc) is 2.77. The molecule has 0 bridgehead atoms. The lowest BCUT2D eigenvalue weighted by Gasteiger charge is -1.99. The Morgan fingerprint density at radius 1 is 1.47 bits per heavy atom. The summed E-state index contributed by atoms with van der Waals surface area (Å²) >= 11 is 0. The fraction of sp³-hybridized carbons (Fsp3) is 0.308. The average molecular weight is 260 g/mol. The standard InChI is InChI=1S/C13H16N4O2/c1-2-3-7-16-9-12(14)13(15-16)10-5-4-6-11(8-10)17(18)19/h4-6,8-9H,2-3,7,14H2,1H3. The number of hydrogen-bond donors (Lipinski definition) is 1. The van der Waals surface area contributed by atoms with Crippen molar-refractivity contribution >= 4 is 11.4 Å². The fourth-order valence-electron chi connectivity index (χ4n) is 1.86. The van der Waals surface area contributed by atoms with Gasteiger partial charge in [-0.25, -0.2) is 0 Å². The molecule has 2 N–H and O–H groups in total. The summed E-state index contributed by atoms with van der Waals surface area (Å²) in [5.41, 5.74) is 7.76. The molecular formula is C13H16N4O2. The summed E-state index contributed by atoms with van der Waals surface area (Å²) in [6.45, 7) is 2.91. The van der Waals surface area contributed by atoms with Crippen molar-refractivity contribution < 1.29 is 4.92 Å². The number of nitro benzene ring substituents is 1. The van der Waals surface area contributed by atoms with Crippen molar-refractivity contribution in [3.8, 4) is 11.3 Å². The van der Waals surface area contributed by atoms with Gasteiger partial charge in [-0.3, -0.25) is 14.8 Å². The van der Waals surface area contributed by atoms with Crippen molar-refractivity contribution in [1.82, 2.24) is 9.78 Å². The van der Waals surface area contributed by atoms with Gasteiger partial charge in [0.05, 0.1) is 10.6 Å². The van der Waals surface area contributed by atoms with Gasteiger partial charge in [0.2, 0.25) is 0 Å². The van der Waals surface area contributed by atoms with Crippen LogP contribution in [0.4, 0.5) is 11.4 Å². The third-order valence-electron chi connectivity index (χ3n) is 2.86. The van der Waals surface area contributed by atoms with Crippen LogP contribution in [0.5, 0.6) is 0 Å². The Bertz CT molecular complexity index is 592. The number of rotatable bonds is 5. The summed E-state index contributed by atoms with van der Waals surface area (Å²) in [4.78, 5) is 10.3. The zero-order valence-electron chi connectivity index (χ0n) is 10.7. The molecule has 0 aliphatic carbocycles. The molecule has 1 heterocycles. The number of nitrogens with zero attached hydrogens (tertiary/aromatic N) is 3. The number of hydrogen-bond acceptors (Lipinski definition) is 4. The van der Waals surface area contributed by atoms with Crippen LogP contribution < -0.4 is 5.73 Å². The Balaban J connectivity index is 2.33. The smallest absolute Gasteiger partial charge is 0.270 e. The van der Waals surface area contributed by atoms with Crippen LogP contribution in [-0.2, 0) is 6.54 Å². The van der Waals surface area contributed by atoms with Gasteiger partial charge in [0.1, 0.15) is 5.69 Å². The molecule has 19 heavy (non-hydrogen) atoms. The van der Waals surface area contributed by atoms with Crippen molar-refractivity contribution in [3.05, 3.63) is 40.6 Å². The minimum absolute atomic E-state index is 0.0417. The maximum Gasteiger partial charge on any atom is 0.270 e. The molecule has 0 fully saturated rings. The van der Waals surface area contributed by atoms with Crippen LogP contribution in [0.15, 0.2) is 30.5 Å². The first-order chi connectivity index (χ1) is 9.11. The first-order valence-electron chi connectivity index (χ1n) is 6.19. The van der Waals surface area contributed by atoms with Gasteiger partial charge in [-0.05, 0) is 6.42 Å². The van der Waals surface area contributed by atoms with Gasteiger partial charge in [0, 0.05) is 30.4 Å². The van der Waals surface area contributed by atoms with E-state index in [-0.39, 0.29) is 5.69 Å². The molecule has 0 saturated carbocycles. The van der Waals surface area contributed by atoms with E-state index < -0.39 is 4.92 Å². The first kappa shape index (κ1) is 13.1. The summed E-state index contributed by atoms with van der Waals surface area (Å²) in [5, 5.41) is 15.2. The minimum Gasteiger partial charge on any atom is -0.396 e. The van der Waals surface area contributed by atoms with Crippen LogP contribution in [0.2, 0.25) is 0 Å². The SMILES string of the molecule is CCCCn1cc(N)c(-c2cccc([N+](=O)[O-])c2)n1. The van der Waals surface area contributed by atoms with Gasteiger partial charge in [0.25, 0.3) is 5.69 Å². The number of nitrogen functional groups attached to an aromatic ring is 1. The number of benzene rings is 1. The highest BCUT2D eigenvalue weighted by Gasteiger charge is 2.12. The normalized spacial score (nSPS) is 10.6. The van der Waals surface area contributed by atoms with Crippen molar-refractivity contribution in [2.45, 2.75) is 26.3 Å². The fourth-order valence-corrected chi connectivity index (χ4v) is 1.86. The van der Waals surface area contributed by atoms with Crippen molar-refractivity contribution in [2.24, 2.45) is 0 Å².